The molecule has 0 aromatic carbocycles. The highest BCUT2D eigenvalue weighted by molar-refractivity contribution is 5.70. The first-order valence-electron chi connectivity index (χ1n) is 9.36. The fourth-order valence-corrected chi connectivity index (χ4v) is 3.74. The number of hydrogen-bond donors (Lipinski definition) is 0. The van der Waals surface area contributed by atoms with E-state index in [1.807, 2.05) is 15.8 Å². The van der Waals surface area contributed by atoms with Gasteiger partial charge in [-0.25, -0.2) is 4.79 Å². The molecule has 1 aromatic heterocycles. The number of nitrogens with zero attached hydrogens (tertiary/aromatic N) is 5. The zero-order valence-corrected chi connectivity index (χ0v) is 15.8. The van der Waals surface area contributed by atoms with Crippen molar-refractivity contribution in [2.24, 2.45) is 0 Å². The molecule has 25 heavy (non-hydrogen) atoms. The van der Waals surface area contributed by atoms with E-state index < -0.39 is 0 Å². The Morgan fingerprint density at radius 3 is 2.72 bits per heavy atom. The minimum absolute atomic E-state index is 0.128. The molecule has 0 bridgehead atoms. The van der Waals surface area contributed by atoms with Gasteiger partial charge in [-0.1, -0.05) is 0 Å². The van der Waals surface area contributed by atoms with Gasteiger partial charge in [0.05, 0.1) is 12.7 Å². The van der Waals surface area contributed by atoms with Crippen LogP contribution in [0, 0.1) is 0 Å². The topological polar surface area (TPSA) is 53.8 Å². The Bertz CT molecular complexity index is 578. The van der Waals surface area contributed by atoms with Crippen LogP contribution in [0.2, 0.25) is 0 Å². The summed E-state index contributed by atoms with van der Waals surface area (Å²) in [7, 11) is 4.12. The first-order chi connectivity index (χ1) is 12.0. The minimum atomic E-state index is -0.265. The molecule has 2 aliphatic heterocycles. The van der Waals surface area contributed by atoms with Crippen LogP contribution in [0.15, 0.2) is 12.4 Å². The van der Waals surface area contributed by atoms with Crippen LogP contribution in [-0.4, -0.2) is 83.0 Å². The lowest BCUT2D eigenvalue weighted by molar-refractivity contribution is -0.00124. The van der Waals surface area contributed by atoms with Gasteiger partial charge in [-0.15, -0.1) is 0 Å². The zero-order valence-electron chi connectivity index (χ0n) is 15.8. The summed E-state index contributed by atoms with van der Waals surface area (Å²) in [5, 5.41) is 4.34. The van der Waals surface area contributed by atoms with E-state index in [2.05, 4.69) is 42.1 Å². The molecule has 0 aliphatic carbocycles. The van der Waals surface area contributed by atoms with Crippen molar-refractivity contribution >= 4 is 6.09 Å². The van der Waals surface area contributed by atoms with Crippen molar-refractivity contribution in [1.29, 1.82) is 0 Å². The first kappa shape index (κ1) is 18.2. The average molecular weight is 349 g/mol. The number of amides is 1. The summed E-state index contributed by atoms with van der Waals surface area (Å²) in [4.78, 5) is 18.7. The summed E-state index contributed by atoms with van der Waals surface area (Å²) < 4.78 is 7.77. The van der Waals surface area contributed by atoms with E-state index in [-0.39, 0.29) is 11.7 Å². The summed E-state index contributed by atoms with van der Waals surface area (Å²) in [6.07, 6.45) is 6.78. The van der Waals surface area contributed by atoms with Gasteiger partial charge in [-0.05, 0) is 34.0 Å². The lowest BCUT2D eigenvalue weighted by Gasteiger charge is -2.37. The zero-order chi connectivity index (χ0) is 17.9. The van der Waals surface area contributed by atoms with Crippen molar-refractivity contribution in [2.75, 3.05) is 46.8 Å². The number of aryl methyl sites for hydroxylation is 1. The van der Waals surface area contributed by atoms with E-state index in [1.54, 1.807) is 0 Å². The van der Waals surface area contributed by atoms with Crippen LogP contribution in [0.1, 0.15) is 31.7 Å². The largest absolute Gasteiger partial charge is 0.441 e. The monoisotopic (exact) mass is 349 g/mol. The second kappa shape index (κ2) is 7.74. The maximum atomic E-state index is 12.2. The molecule has 1 spiro atoms. The molecule has 1 amide bonds. The highest BCUT2D eigenvalue weighted by atomic mass is 16.6. The van der Waals surface area contributed by atoms with Gasteiger partial charge in [0.15, 0.2) is 0 Å². The van der Waals surface area contributed by atoms with Gasteiger partial charge in [-0.3, -0.25) is 9.58 Å². The Hall–Kier alpha value is -1.60. The van der Waals surface area contributed by atoms with Crippen molar-refractivity contribution in [3.8, 4) is 0 Å². The molecule has 0 radical (unpaired) electrons. The lowest BCUT2D eigenvalue weighted by Crippen LogP contribution is -2.46. The molecule has 3 heterocycles. The number of aromatic nitrogens is 2. The third-order valence-corrected chi connectivity index (χ3v) is 5.26. The summed E-state index contributed by atoms with van der Waals surface area (Å²) >= 11 is 0. The molecule has 0 N–H and O–H groups in total. The van der Waals surface area contributed by atoms with E-state index in [0.717, 1.165) is 65.1 Å². The Labute approximate surface area is 150 Å². The van der Waals surface area contributed by atoms with Gasteiger partial charge in [0.25, 0.3) is 0 Å². The molecule has 0 saturated carbocycles. The lowest BCUT2D eigenvalue weighted by atomic mass is 9.91. The van der Waals surface area contributed by atoms with Crippen LogP contribution >= 0.6 is 0 Å². The fraction of sp³-hybridized carbons (Fsp3) is 0.778. The van der Waals surface area contributed by atoms with E-state index in [0.29, 0.717) is 0 Å². The smallest absolute Gasteiger partial charge is 0.410 e. The number of carbonyl (C=O) groups excluding carboxylic acids is 1. The molecule has 0 unspecified atom stereocenters. The highest BCUT2D eigenvalue weighted by Crippen LogP contribution is 2.33. The van der Waals surface area contributed by atoms with Crippen LogP contribution in [0.25, 0.3) is 0 Å². The molecular formula is C18H31N5O2. The molecular weight excluding hydrogens is 318 g/mol. The van der Waals surface area contributed by atoms with Gasteiger partial charge >= 0.3 is 6.09 Å². The quantitative estimate of drug-likeness (QED) is 0.749. The molecule has 2 fully saturated rings. The Kier molecular flexibility index (Phi) is 5.64. The second-order valence-electron chi connectivity index (χ2n) is 7.61. The Morgan fingerprint density at radius 2 is 2.08 bits per heavy atom. The van der Waals surface area contributed by atoms with Gasteiger partial charge in [0, 0.05) is 57.3 Å². The third kappa shape index (κ3) is 4.52. The Morgan fingerprint density at radius 1 is 1.32 bits per heavy atom. The molecule has 1 aromatic rings. The number of likely N-dealkylation sites (tertiary alicyclic amines) is 1. The molecule has 7 nitrogen and oxygen atoms in total. The number of piperidine rings is 1. The number of carbonyl (C=O) groups is 1. The van der Waals surface area contributed by atoms with Crippen molar-refractivity contribution in [1.82, 2.24) is 24.5 Å². The average Bonchev–Trinajstić information content (AvgIpc) is 3.15. The van der Waals surface area contributed by atoms with E-state index >= 15 is 0 Å². The van der Waals surface area contributed by atoms with E-state index in [9.17, 15) is 4.79 Å². The van der Waals surface area contributed by atoms with E-state index in [4.69, 9.17) is 4.74 Å². The second-order valence-corrected chi connectivity index (χ2v) is 7.61. The molecule has 2 aliphatic rings. The van der Waals surface area contributed by atoms with Crippen LogP contribution < -0.4 is 0 Å². The number of hydrogen-bond acceptors (Lipinski definition) is 5. The summed E-state index contributed by atoms with van der Waals surface area (Å²) in [6.45, 7) is 8.40. The number of rotatable bonds is 7. The normalized spacial score (nSPS) is 20.6. The van der Waals surface area contributed by atoms with Gasteiger partial charge in [0.2, 0.25) is 0 Å². The number of ether oxygens (including phenoxy) is 1. The predicted octanol–water partition coefficient (Wildman–Crippen LogP) is 1.64. The van der Waals surface area contributed by atoms with Crippen LogP contribution in [0.3, 0.4) is 0 Å². The molecule has 0 atom stereocenters. The Balaban J connectivity index is 1.47. The van der Waals surface area contributed by atoms with E-state index in [1.165, 1.54) is 5.56 Å². The van der Waals surface area contributed by atoms with Crippen molar-refractivity contribution in [3.63, 3.8) is 0 Å². The molecule has 2 saturated heterocycles. The first-order valence-corrected chi connectivity index (χ1v) is 9.36. The van der Waals surface area contributed by atoms with Crippen molar-refractivity contribution < 1.29 is 9.53 Å². The summed E-state index contributed by atoms with van der Waals surface area (Å²) in [5.41, 5.74) is 0.991. The summed E-state index contributed by atoms with van der Waals surface area (Å²) in [6, 6.07) is 0. The highest BCUT2D eigenvalue weighted by Gasteiger charge is 2.46. The molecule has 7 heteroatoms. The maximum Gasteiger partial charge on any atom is 0.410 e. The van der Waals surface area contributed by atoms with Gasteiger partial charge < -0.3 is 14.5 Å². The standard InChI is InChI=1S/C18H31N5O2/c1-4-23-14-16(12-19-23)13-21-10-6-18(7-11-21)15-22(17(24)25-18)9-5-8-20(2)3/h12,14H,4-11,13,15H2,1-3H3. The van der Waals surface area contributed by atoms with Crippen LogP contribution in [0.5, 0.6) is 0 Å². The van der Waals surface area contributed by atoms with Crippen molar-refractivity contribution in [3.05, 3.63) is 18.0 Å². The van der Waals surface area contributed by atoms with Crippen LogP contribution in [-0.2, 0) is 17.8 Å². The predicted molar refractivity (Wildman–Crippen MR) is 96.4 cm³/mol. The third-order valence-electron chi connectivity index (χ3n) is 5.26. The van der Waals surface area contributed by atoms with Gasteiger partial charge in [-0.2, -0.15) is 5.10 Å². The van der Waals surface area contributed by atoms with Gasteiger partial charge in [0.1, 0.15) is 5.60 Å². The van der Waals surface area contributed by atoms with Crippen LogP contribution in [0.4, 0.5) is 4.79 Å². The maximum absolute atomic E-state index is 12.2. The molecule has 3 rings (SSSR count). The fourth-order valence-electron chi connectivity index (χ4n) is 3.74. The molecule has 140 valence electrons. The van der Waals surface area contributed by atoms with Crippen molar-refractivity contribution in [2.45, 2.75) is 44.9 Å². The minimum Gasteiger partial charge on any atom is -0.441 e. The summed E-state index contributed by atoms with van der Waals surface area (Å²) in [5.74, 6) is 0. The SMILES string of the molecule is CCn1cc(CN2CCC3(CC2)CN(CCCN(C)C)C(=O)O3)cn1.